The topological polar surface area (TPSA) is 29.1 Å². The Labute approximate surface area is 117 Å². The van der Waals surface area contributed by atoms with Gasteiger partial charge in [-0.15, -0.1) is 12.6 Å². The third-order valence-electron chi connectivity index (χ3n) is 2.68. The molecule has 0 unspecified atom stereocenters. The van der Waals surface area contributed by atoms with Crippen LogP contribution < -0.4 is 5.32 Å². The maximum atomic E-state index is 13.0. The van der Waals surface area contributed by atoms with E-state index in [2.05, 4.69) is 17.9 Å². The van der Waals surface area contributed by atoms with Crippen molar-refractivity contribution < 1.29 is 9.18 Å². The number of carbonyl (C=O) groups excluding carboxylic acids is 1. The smallest absolute Gasteiger partial charge is 0.224 e. The molecule has 0 radical (unpaired) electrons. The molecule has 0 aliphatic heterocycles. The predicted molar refractivity (Wildman–Crippen MR) is 75.6 cm³/mol. The molecular weight excluding hydrogens is 261 g/mol. The number of hydrogen-bond donors (Lipinski definition) is 2. The van der Waals surface area contributed by atoms with Crippen LogP contribution in [0, 0.1) is 5.82 Å². The third kappa shape index (κ3) is 4.41. The first-order valence-corrected chi connectivity index (χ1v) is 6.37. The van der Waals surface area contributed by atoms with Gasteiger partial charge in [0.15, 0.2) is 0 Å². The number of rotatable bonds is 4. The van der Waals surface area contributed by atoms with Gasteiger partial charge in [0, 0.05) is 11.4 Å². The molecular formula is C15H14FNOS. The summed E-state index contributed by atoms with van der Waals surface area (Å²) < 4.78 is 13.0. The van der Waals surface area contributed by atoms with Crippen LogP contribution in [0.1, 0.15) is 11.1 Å². The van der Waals surface area contributed by atoms with Crippen LogP contribution in [0.2, 0.25) is 0 Å². The molecule has 98 valence electrons. The van der Waals surface area contributed by atoms with Crippen molar-refractivity contribution in [1.82, 2.24) is 5.32 Å². The van der Waals surface area contributed by atoms with Gasteiger partial charge in [-0.3, -0.25) is 4.79 Å². The van der Waals surface area contributed by atoms with Gasteiger partial charge in [0.1, 0.15) is 5.82 Å². The van der Waals surface area contributed by atoms with Crippen LogP contribution in [0.25, 0.3) is 0 Å². The second kappa shape index (κ2) is 6.38. The summed E-state index contributed by atoms with van der Waals surface area (Å²) in [6.45, 7) is 0.335. The minimum atomic E-state index is -0.295. The highest BCUT2D eigenvalue weighted by molar-refractivity contribution is 7.80. The Morgan fingerprint density at radius 3 is 2.53 bits per heavy atom. The van der Waals surface area contributed by atoms with Crippen molar-refractivity contribution in [1.29, 1.82) is 0 Å². The Balaban J connectivity index is 1.86. The number of thiol groups is 1. The van der Waals surface area contributed by atoms with Gasteiger partial charge in [-0.1, -0.05) is 24.3 Å². The molecule has 0 spiro atoms. The molecule has 0 saturated heterocycles. The molecule has 2 rings (SSSR count). The molecule has 0 fully saturated rings. The standard InChI is InChI=1S/C15H14FNOS/c16-13-3-1-2-12(8-13)10-17-15(18)9-11-4-6-14(19)7-5-11/h1-8,19H,9-10H2,(H,17,18). The monoisotopic (exact) mass is 275 g/mol. The van der Waals surface area contributed by atoms with Crippen LogP contribution in [0.15, 0.2) is 53.4 Å². The normalized spacial score (nSPS) is 10.2. The summed E-state index contributed by atoms with van der Waals surface area (Å²) in [4.78, 5) is 12.6. The van der Waals surface area contributed by atoms with Crippen molar-refractivity contribution in [3.63, 3.8) is 0 Å². The highest BCUT2D eigenvalue weighted by atomic mass is 32.1. The number of halogens is 1. The predicted octanol–water partition coefficient (Wildman–Crippen LogP) is 2.97. The molecule has 0 bridgehead atoms. The summed E-state index contributed by atoms with van der Waals surface area (Å²) >= 11 is 4.18. The Morgan fingerprint density at radius 1 is 1.11 bits per heavy atom. The third-order valence-corrected chi connectivity index (χ3v) is 2.98. The maximum absolute atomic E-state index is 13.0. The Bertz CT molecular complexity index is 569. The summed E-state index contributed by atoms with van der Waals surface area (Å²) in [7, 11) is 0. The molecule has 0 aliphatic rings. The molecule has 0 aromatic heterocycles. The fourth-order valence-electron chi connectivity index (χ4n) is 1.71. The van der Waals surface area contributed by atoms with E-state index in [0.29, 0.717) is 13.0 Å². The molecule has 2 aromatic rings. The lowest BCUT2D eigenvalue weighted by atomic mass is 10.1. The molecule has 19 heavy (non-hydrogen) atoms. The number of carbonyl (C=O) groups is 1. The van der Waals surface area contributed by atoms with E-state index >= 15 is 0 Å². The fraction of sp³-hybridized carbons (Fsp3) is 0.133. The average Bonchev–Trinajstić information content (AvgIpc) is 2.39. The molecule has 0 aliphatic carbocycles. The lowest BCUT2D eigenvalue weighted by Crippen LogP contribution is -2.24. The molecule has 1 amide bonds. The summed E-state index contributed by atoms with van der Waals surface area (Å²) in [5, 5.41) is 2.76. The Morgan fingerprint density at radius 2 is 1.84 bits per heavy atom. The van der Waals surface area contributed by atoms with Gasteiger partial charge in [0.25, 0.3) is 0 Å². The van der Waals surface area contributed by atoms with Crippen LogP contribution in [-0.2, 0) is 17.8 Å². The van der Waals surface area contributed by atoms with Gasteiger partial charge in [0.2, 0.25) is 5.91 Å². The minimum absolute atomic E-state index is 0.0869. The Hall–Kier alpha value is -1.81. The van der Waals surface area contributed by atoms with Crippen LogP contribution in [0.5, 0.6) is 0 Å². The van der Waals surface area contributed by atoms with Gasteiger partial charge in [-0.05, 0) is 35.4 Å². The van der Waals surface area contributed by atoms with Crippen LogP contribution in [0.3, 0.4) is 0 Å². The number of benzene rings is 2. The summed E-state index contributed by atoms with van der Waals surface area (Å²) in [5.41, 5.74) is 1.67. The van der Waals surface area contributed by atoms with E-state index in [1.54, 1.807) is 12.1 Å². The molecule has 2 nitrogen and oxygen atoms in total. The van der Waals surface area contributed by atoms with Crippen LogP contribution in [-0.4, -0.2) is 5.91 Å². The number of hydrogen-bond acceptors (Lipinski definition) is 2. The van der Waals surface area contributed by atoms with Gasteiger partial charge < -0.3 is 5.32 Å². The first-order valence-electron chi connectivity index (χ1n) is 5.92. The van der Waals surface area contributed by atoms with Gasteiger partial charge in [-0.25, -0.2) is 4.39 Å². The van der Waals surface area contributed by atoms with E-state index in [-0.39, 0.29) is 11.7 Å². The lowest BCUT2D eigenvalue weighted by molar-refractivity contribution is -0.120. The quantitative estimate of drug-likeness (QED) is 0.825. The van der Waals surface area contributed by atoms with Gasteiger partial charge in [-0.2, -0.15) is 0 Å². The van der Waals surface area contributed by atoms with E-state index < -0.39 is 0 Å². The second-order valence-electron chi connectivity index (χ2n) is 4.25. The van der Waals surface area contributed by atoms with E-state index in [4.69, 9.17) is 0 Å². The lowest BCUT2D eigenvalue weighted by Gasteiger charge is -2.06. The highest BCUT2D eigenvalue weighted by Gasteiger charge is 2.03. The SMILES string of the molecule is O=C(Cc1ccc(S)cc1)NCc1cccc(F)c1. The van der Waals surface area contributed by atoms with Crippen LogP contribution >= 0.6 is 12.6 Å². The zero-order valence-electron chi connectivity index (χ0n) is 10.3. The van der Waals surface area contributed by atoms with E-state index in [9.17, 15) is 9.18 Å². The molecule has 4 heteroatoms. The van der Waals surface area contributed by atoms with E-state index in [1.807, 2.05) is 24.3 Å². The summed E-state index contributed by atoms with van der Waals surface area (Å²) in [5.74, 6) is -0.382. The molecule has 2 aromatic carbocycles. The number of nitrogens with one attached hydrogen (secondary N) is 1. The second-order valence-corrected chi connectivity index (χ2v) is 4.77. The Kier molecular flexibility index (Phi) is 4.58. The van der Waals surface area contributed by atoms with Crippen molar-refractivity contribution in [3.8, 4) is 0 Å². The van der Waals surface area contributed by atoms with Gasteiger partial charge in [0.05, 0.1) is 6.42 Å². The summed E-state index contributed by atoms with van der Waals surface area (Å²) in [6.07, 6.45) is 0.309. The van der Waals surface area contributed by atoms with Crippen molar-refractivity contribution in [3.05, 3.63) is 65.5 Å². The fourth-order valence-corrected chi connectivity index (χ4v) is 1.86. The number of amides is 1. The van der Waals surface area contributed by atoms with Gasteiger partial charge >= 0.3 is 0 Å². The van der Waals surface area contributed by atoms with Crippen molar-refractivity contribution in [2.45, 2.75) is 17.9 Å². The van der Waals surface area contributed by atoms with Crippen LogP contribution in [0.4, 0.5) is 4.39 Å². The van der Waals surface area contributed by atoms with E-state index in [0.717, 1.165) is 16.0 Å². The summed E-state index contributed by atoms with van der Waals surface area (Å²) in [6, 6.07) is 13.6. The zero-order chi connectivity index (χ0) is 13.7. The molecule has 0 saturated carbocycles. The maximum Gasteiger partial charge on any atom is 0.224 e. The highest BCUT2D eigenvalue weighted by Crippen LogP contribution is 2.08. The minimum Gasteiger partial charge on any atom is -0.352 e. The van der Waals surface area contributed by atoms with E-state index in [1.165, 1.54) is 12.1 Å². The zero-order valence-corrected chi connectivity index (χ0v) is 11.2. The molecule has 0 heterocycles. The van der Waals surface area contributed by atoms with Crippen molar-refractivity contribution in [2.75, 3.05) is 0 Å². The molecule has 0 atom stereocenters. The van der Waals surface area contributed by atoms with Crippen molar-refractivity contribution in [2.24, 2.45) is 0 Å². The largest absolute Gasteiger partial charge is 0.352 e. The van der Waals surface area contributed by atoms with Crippen molar-refractivity contribution >= 4 is 18.5 Å². The molecule has 1 N–H and O–H groups in total. The first kappa shape index (κ1) is 13.6. The first-order chi connectivity index (χ1) is 9.13. The average molecular weight is 275 g/mol.